The first-order valence-corrected chi connectivity index (χ1v) is 7.29. The highest BCUT2D eigenvalue weighted by Gasteiger charge is 2.24. The van der Waals surface area contributed by atoms with E-state index in [-0.39, 0.29) is 0 Å². The van der Waals surface area contributed by atoms with Gasteiger partial charge >= 0.3 is 0 Å². The monoisotopic (exact) mass is 231 g/mol. The summed E-state index contributed by atoms with van der Waals surface area (Å²) in [4.78, 5) is 0. The number of hydrogen-bond donors (Lipinski definition) is 2. The molecule has 3 unspecified atom stereocenters. The smallest absolute Gasteiger partial charge is 0.0431 e. The normalized spacial score (nSPS) is 28.2. The van der Waals surface area contributed by atoms with Gasteiger partial charge in [-0.3, -0.25) is 0 Å². The summed E-state index contributed by atoms with van der Waals surface area (Å²) in [6.07, 6.45) is 6.07. The minimum absolute atomic E-state index is 0.324. The second-order valence-electron chi connectivity index (χ2n) is 4.52. The van der Waals surface area contributed by atoms with Crippen molar-refractivity contribution in [3.05, 3.63) is 0 Å². The highest BCUT2D eigenvalue weighted by atomic mass is 32.2. The lowest BCUT2D eigenvalue weighted by Crippen LogP contribution is -2.35. The molecule has 0 aromatic rings. The quantitative estimate of drug-likeness (QED) is 0.706. The van der Waals surface area contributed by atoms with E-state index in [1.165, 1.54) is 25.0 Å². The van der Waals surface area contributed by atoms with Gasteiger partial charge < -0.3 is 10.4 Å². The molecule has 0 aromatic carbocycles. The molecule has 1 saturated carbocycles. The third-order valence-corrected chi connectivity index (χ3v) is 4.34. The maximum atomic E-state index is 8.76. The average Bonchev–Trinajstić information content (AvgIpc) is 2.63. The van der Waals surface area contributed by atoms with Gasteiger partial charge in [-0.05, 0) is 44.8 Å². The van der Waals surface area contributed by atoms with E-state index in [1.54, 1.807) is 0 Å². The zero-order chi connectivity index (χ0) is 11.1. The summed E-state index contributed by atoms with van der Waals surface area (Å²) in [6.45, 7) is 4.80. The Morgan fingerprint density at radius 3 is 2.93 bits per heavy atom. The van der Waals surface area contributed by atoms with Crippen molar-refractivity contribution in [2.24, 2.45) is 0 Å². The highest BCUT2D eigenvalue weighted by molar-refractivity contribution is 7.99. The number of rotatable bonds is 7. The van der Waals surface area contributed by atoms with Crippen LogP contribution in [0.4, 0.5) is 0 Å². The first-order valence-electron chi connectivity index (χ1n) is 6.24. The molecule has 0 radical (unpaired) electrons. The molecule has 0 spiro atoms. The molecule has 2 N–H and O–H groups in total. The Labute approximate surface area is 98.2 Å². The first-order chi connectivity index (χ1) is 7.26. The van der Waals surface area contributed by atoms with Crippen LogP contribution in [0, 0.1) is 0 Å². The van der Waals surface area contributed by atoms with Gasteiger partial charge in [0.1, 0.15) is 0 Å². The molecule has 3 atom stereocenters. The fourth-order valence-corrected chi connectivity index (χ4v) is 3.50. The van der Waals surface area contributed by atoms with Crippen LogP contribution >= 0.6 is 11.8 Å². The molecule has 15 heavy (non-hydrogen) atoms. The molecule has 1 aliphatic carbocycles. The lowest BCUT2D eigenvalue weighted by atomic mass is 10.1. The van der Waals surface area contributed by atoms with Crippen LogP contribution in [0.2, 0.25) is 0 Å². The summed E-state index contributed by atoms with van der Waals surface area (Å²) in [5.41, 5.74) is 0. The molecule has 0 aliphatic heterocycles. The highest BCUT2D eigenvalue weighted by Crippen LogP contribution is 2.29. The van der Waals surface area contributed by atoms with Crippen molar-refractivity contribution in [3.8, 4) is 0 Å². The van der Waals surface area contributed by atoms with Crippen molar-refractivity contribution in [2.75, 3.05) is 12.4 Å². The largest absolute Gasteiger partial charge is 0.396 e. The topological polar surface area (TPSA) is 32.3 Å². The predicted molar refractivity (Wildman–Crippen MR) is 68.5 cm³/mol. The van der Waals surface area contributed by atoms with Crippen molar-refractivity contribution in [1.29, 1.82) is 0 Å². The SMILES string of the molecule is CCSC1CCC(NC(C)CCCO)C1. The van der Waals surface area contributed by atoms with Crippen LogP contribution in [-0.2, 0) is 0 Å². The van der Waals surface area contributed by atoms with Crippen molar-refractivity contribution >= 4 is 11.8 Å². The van der Waals surface area contributed by atoms with Crippen LogP contribution in [0.25, 0.3) is 0 Å². The zero-order valence-electron chi connectivity index (χ0n) is 10.0. The van der Waals surface area contributed by atoms with Crippen LogP contribution in [0.5, 0.6) is 0 Å². The first kappa shape index (κ1) is 13.3. The number of hydrogen-bond acceptors (Lipinski definition) is 3. The Hall–Kier alpha value is 0.270. The summed E-state index contributed by atoms with van der Waals surface area (Å²) in [6, 6.07) is 1.29. The lowest BCUT2D eigenvalue weighted by Gasteiger charge is -2.19. The van der Waals surface area contributed by atoms with Crippen LogP contribution in [0.15, 0.2) is 0 Å². The summed E-state index contributed by atoms with van der Waals surface area (Å²) in [7, 11) is 0. The van der Waals surface area contributed by atoms with Gasteiger partial charge in [-0.15, -0.1) is 0 Å². The van der Waals surface area contributed by atoms with Gasteiger partial charge in [0.05, 0.1) is 0 Å². The number of thioether (sulfide) groups is 1. The molecular weight excluding hydrogens is 206 g/mol. The van der Waals surface area contributed by atoms with Crippen LogP contribution in [0.3, 0.4) is 0 Å². The third kappa shape index (κ3) is 5.23. The van der Waals surface area contributed by atoms with Crippen molar-refractivity contribution in [3.63, 3.8) is 0 Å². The zero-order valence-corrected chi connectivity index (χ0v) is 10.9. The summed E-state index contributed by atoms with van der Waals surface area (Å²) in [5, 5.41) is 13.3. The minimum Gasteiger partial charge on any atom is -0.396 e. The molecule has 0 aromatic heterocycles. The fraction of sp³-hybridized carbons (Fsp3) is 1.00. The Kier molecular flexibility index (Phi) is 6.69. The number of nitrogens with one attached hydrogen (secondary N) is 1. The Morgan fingerprint density at radius 2 is 2.27 bits per heavy atom. The van der Waals surface area contributed by atoms with Gasteiger partial charge in [-0.25, -0.2) is 0 Å². The maximum Gasteiger partial charge on any atom is 0.0431 e. The van der Waals surface area contributed by atoms with E-state index in [0.29, 0.717) is 12.6 Å². The second kappa shape index (κ2) is 7.53. The Balaban J connectivity index is 2.12. The number of aliphatic hydroxyl groups excluding tert-OH is 1. The fourth-order valence-electron chi connectivity index (χ4n) is 2.36. The van der Waals surface area contributed by atoms with E-state index in [2.05, 4.69) is 30.9 Å². The molecule has 0 heterocycles. The molecule has 0 bridgehead atoms. The standard InChI is InChI=1S/C12H25NOS/c1-3-15-12-7-6-11(9-12)13-10(2)5-4-8-14/h10-14H,3-9H2,1-2H3. The van der Waals surface area contributed by atoms with Gasteiger partial charge in [-0.2, -0.15) is 11.8 Å². The minimum atomic E-state index is 0.324. The van der Waals surface area contributed by atoms with E-state index < -0.39 is 0 Å². The molecule has 3 heteroatoms. The van der Waals surface area contributed by atoms with E-state index in [9.17, 15) is 0 Å². The summed E-state index contributed by atoms with van der Waals surface area (Å²) >= 11 is 2.11. The molecule has 0 amide bonds. The Morgan fingerprint density at radius 1 is 1.47 bits per heavy atom. The van der Waals surface area contributed by atoms with Gasteiger partial charge in [0.2, 0.25) is 0 Å². The molecule has 1 aliphatic rings. The van der Waals surface area contributed by atoms with Gasteiger partial charge in [0.15, 0.2) is 0 Å². The molecular formula is C12H25NOS. The summed E-state index contributed by atoms with van der Waals surface area (Å²) in [5.74, 6) is 1.25. The van der Waals surface area contributed by atoms with Gasteiger partial charge in [0, 0.05) is 23.9 Å². The number of aliphatic hydroxyl groups is 1. The lowest BCUT2D eigenvalue weighted by molar-refractivity contribution is 0.273. The molecule has 1 fully saturated rings. The average molecular weight is 231 g/mol. The van der Waals surface area contributed by atoms with Crippen molar-refractivity contribution in [2.45, 2.75) is 63.3 Å². The molecule has 2 nitrogen and oxygen atoms in total. The molecule has 1 rings (SSSR count). The van der Waals surface area contributed by atoms with Crippen LogP contribution in [-0.4, -0.2) is 34.8 Å². The van der Waals surface area contributed by atoms with E-state index >= 15 is 0 Å². The Bertz CT molecular complexity index is 166. The predicted octanol–water partition coefficient (Wildman–Crippen LogP) is 2.41. The van der Waals surface area contributed by atoms with Crippen LogP contribution < -0.4 is 5.32 Å². The van der Waals surface area contributed by atoms with Gasteiger partial charge in [0.25, 0.3) is 0 Å². The van der Waals surface area contributed by atoms with Crippen molar-refractivity contribution < 1.29 is 5.11 Å². The maximum absolute atomic E-state index is 8.76. The van der Waals surface area contributed by atoms with Crippen molar-refractivity contribution in [1.82, 2.24) is 5.32 Å². The van der Waals surface area contributed by atoms with E-state index in [0.717, 1.165) is 24.1 Å². The van der Waals surface area contributed by atoms with E-state index in [1.807, 2.05) is 0 Å². The van der Waals surface area contributed by atoms with Gasteiger partial charge in [-0.1, -0.05) is 6.92 Å². The molecule has 0 saturated heterocycles. The van der Waals surface area contributed by atoms with E-state index in [4.69, 9.17) is 5.11 Å². The summed E-state index contributed by atoms with van der Waals surface area (Å²) < 4.78 is 0. The van der Waals surface area contributed by atoms with Crippen LogP contribution in [0.1, 0.15) is 46.0 Å². The second-order valence-corrected chi connectivity index (χ2v) is 6.10. The third-order valence-electron chi connectivity index (χ3n) is 3.10. The molecule has 90 valence electrons.